The first-order valence-electron chi connectivity index (χ1n) is 8.04. The Kier molecular flexibility index (Phi) is 6.57. The average Bonchev–Trinajstić information content (AvgIpc) is 2.90. The smallest absolute Gasteiger partial charge is 0.337 e. The number of ether oxygens (including phenoxy) is 3. The van der Waals surface area contributed by atoms with Crippen LogP contribution >= 0.6 is 0 Å². The van der Waals surface area contributed by atoms with Gasteiger partial charge in [-0.3, -0.25) is 0 Å². The van der Waals surface area contributed by atoms with Crippen LogP contribution in [-0.4, -0.2) is 65.1 Å². The first-order valence-corrected chi connectivity index (χ1v) is 8.04. The Balaban J connectivity index is 1.94. The second-order valence-electron chi connectivity index (χ2n) is 5.55. The summed E-state index contributed by atoms with van der Waals surface area (Å²) in [6.45, 7) is 3.78. The lowest BCUT2D eigenvalue weighted by atomic mass is 10.0. The minimum atomic E-state index is -1.89. The van der Waals surface area contributed by atoms with Crippen molar-refractivity contribution in [2.24, 2.45) is 0 Å². The lowest BCUT2D eigenvalue weighted by Gasteiger charge is -2.29. The van der Waals surface area contributed by atoms with Gasteiger partial charge >= 0.3 is 5.97 Å². The van der Waals surface area contributed by atoms with Crippen molar-refractivity contribution in [3.05, 3.63) is 24.3 Å². The summed E-state index contributed by atoms with van der Waals surface area (Å²) in [7, 11) is 0. The number of carbonyl (C=O) groups is 1. The van der Waals surface area contributed by atoms with Gasteiger partial charge in [0.05, 0.1) is 19.8 Å². The molecule has 2 rings (SSSR count). The second-order valence-corrected chi connectivity index (χ2v) is 5.55. The highest BCUT2D eigenvalue weighted by atomic mass is 16.6. The third-order valence-corrected chi connectivity index (χ3v) is 3.72. The number of aliphatic hydroxyl groups is 3. The van der Waals surface area contributed by atoms with Crippen molar-refractivity contribution in [2.75, 3.05) is 25.2 Å². The molecule has 5 N–H and O–H groups in total. The van der Waals surface area contributed by atoms with Crippen LogP contribution in [0.4, 0.5) is 5.69 Å². The van der Waals surface area contributed by atoms with Crippen molar-refractivity contribution >= 4 is 11.7 Å². The molecule has 140 valence electrons. The molecule has 1 heterocycles. The van der Waals surface area contributed by atoms with Crippen LogP contribution in [0.1, 0.15) is 13.8 Å². The fourth-order valence-electron chi connectivity index (χ4n) is 2.39. The van der Waals surface area contributed by atoms with Crippen molar-refractivity contribution in [2.45, 2.75) is 37.9 Å². The van der Waals surface area contributed by atoms with Crippen LogP contribution in [0, 0.1) is 0 Å². The maximum absolute atomic E-state index is 11.6. The zero-order valence-electron chi connectivity index (χ0n) is 14.1. The highest BCUT2D eigenvalue weighted by Gasteiger charge is 2.52. The maximum atomic E-state index is 11.6. The molecule has 4 unspecified atom stereocenters. The summed E-state index contributed by atoms with van der Waals surface area (Å²) in [6.07, 6.45) is -4.56. The SMILES string of the molecule is CCOC(=O)C(O)C1OCC(O)(NNc2ccc(OCC)cc2)C1O. The van der Waals surface area contributed by atoms with Crippen molar-refractivity contribution in [3.8, 4) is 5.75 Å². The topological polar surface area (TPSA) is 130 Å². The number of hydrazine groups is 1. The number of benzene rings is 1. The number of hydrogen-bond acceptors (Lipinski definition) is 9. The summed E-state index contributed by atoms with van der Waals surface area (Å²) >= 11 is 0. The van der Waals surface area contributed by atoms with Crippen molar-refractivity contribution in [3.63, 3.8) is 0 Å². The molecular weight excluding hydrogens is 332 g/mol. The summed E-state index contributed by atoms with van der Waals surface area (Å²) in [6, 6.07) is 6.92. The Morgan fingerprint density at radius 3 is 2.64 bits per heavy atom. The number of esters is 1. The van der Waals surface area contributed by atoms with Gasteiger partial charge in [-0.25, -0.2) is 10.2 Å². The van der Waals surface area contributed by atoms with E-state index in [0.717, 1.165) is 0 Å². The van der Waals surface area contributed by atoms with E-state index in [1.54, 1.807) is 31.2 Å². The fraction of sp³-hybridized carbons (Fsp3) is 0.562. The third kappa shape index (κ3) is 4.59. The number of carbonyl (C=O) groups excluding carboxylic acids is 1. The van der Waals surface area contributed by atoms with E-state index in [9.17, 15) is 20.1 Å². The van der Waals surface area contributed by atoms with E-state index < -0.39 is 30.0 Å². The molecule has 0 aliphatic carbocycles. The van der Waals surface area contributed by atoms with Crippen LogP contribution in [-0.2, 0) is 14.3 Å². The van der Waals surface area contributed by atoms with E-state index in [0.29, 0.717) is 18.0 Å². The Hall–Kier alpha value is -1.91. The van der Waals surface area contributed by atoms with Gasteiger partial charge in [0, 0.05) is 5.69 Å². The highest BCUT2D eigenvalue weighted by Crippen LogP contribution is 2.26. The molecule has 0 bridgehead atoms. The van der Waals surface area contributed by atoms with Crippen molar-refractivity contribution < 1.29 is 34.3 Å². The molecule has 1 aliphatic rings. The zero-order chi connectivity index (χ0) is 18.4. The highest BCUT2D eigenvalue weighted by molar-refractivity contribution is 5.75. The fourth-order valence-corrected chi connectivity index (χ4v) is 2.39. The standard InChI is InChI=1S/C16H24N2O7/c1-3-23-11-7-5-10(6-8-11)17-18-16(22)9-25-13(14(16)20)12(19)15(21)24-4-2/h5-8,12-14,17-20,22H,3-4,9H2,1-2H3. The van der Waals surface area contributed by atoms with E-state index in [1.807, 2.05) is 6.92 Å². The van der Waals surface area contributed by atoms with E-state index in [-0.39, 0.29) is 13.2 Å². The van der Waals surface area contributed by atoms with E-state index >= 15 is 0 Å². The van der Waals surface area contributed by atoms with E-state index in [4.69, 9.17) is 9.47 Å². The van der Waals surface area contributed by atoms with Gasteiger partial charge in [-0.05, 0) is 38.1 Å². The summed E-state index contributed by atoms with van der Waals surface area (Å²) in [4.78, 5) is 11.6. The molecule has 1 aromatic carbocycles. The van der Waals surface area contributed by atoms with E-state index in [1.165, 1.54) is 0 Å². The molecule has 1 aromatic rings. The number of nitrogens with one attached hydrogen (secondary N) is 2. The molecule has 9 nitrogen and oxygen atoms in total. The monoisotopic (exact) mass is 356 g/mol. The summed E-state index contributed by atoms with van der Waals surface area (Å²) < 4.78 is 15.2. The maximum Gasteiger partial charge on any atom is 0.337 e. The molecular formula is C16H24N2O7. The number of rotatable bonds is 8. The molecule has 4 atom stereocenters. The Morgan fingerprint density at radius 1 is 1.36 bits per heavy atom. The number of hydrogen-bond donors (Lipinski definition) is 5. The van der Waals surface area contributed by atoms with Gasteiger partial charge in [-0.2, -0.15) is 0 Å². The van der Waals surface area contributed by atoms with Crippen LogP contribution in [0.5, 0.6) is 5.75 Å². The van der Waals surface area contributed by atoms with Gasteiger partial charge in [0.2, 0.25) is 0 Å². The molecule has 1 fully saturated rings. The minimum Gasteiger partial charge on any atom is -0.494 e. The van der Waals surface area contributed by atoms with Gasteiger partial charge in [0.15, 0.2) is 11.8 Å². The normalized spacial score (nSPS) is 26.9. The van der Waals surface area contributed by atoms with Crippen LogP contribution < -0.4 is 15.6 Å². The van der Waals surface area contributed by atoms with Gasteiger partial charge in [-0.1, -0.05) is 0 Å². The summed E-state index contributed by atoms with van der Waals surface area (Å²) in [5.74, 6) is -0.219. The van der Waals surface area contributed by atoms with Crippen LogP contribution in [0.25, 0.3) is 0 Å². The first-order chi connectivity index (χ1) is 11.9. The predicted molar refractivity (Wildman–Crippen MR) is 87.7 cm³/mol. The van der Waals surface area contributed by atoms with Gasteiger partial charge in [0.25, 0.3) is 0 Å². The van der Waals surface area contributed by atoms with Crippen LogP contribution in [0.2, 0.25) is 0 Å². The average molecular weight is 356 g/mol. The van der Waals surface area contributed by atoms with Crippen LogP contribution in [0.15, 0.2) is 24.3 Å². The molecule has 0 saturated carbocycles. The number of aliphatic hydroxyl groups excluding tert-OH is 2. The summed E-state index contributed by atoms with van der Waals surface area (Å²) in [5.41, 5.74) is 4.02. The zero-order valence-corrected chi connectivity index (χ0v) is 14.1. The summed E-state index contributed by atoms with van der Waals surface area (Å²) in [5, 5.41) is 30.6. The van der Waals surface area contributed by atoms with Crippen LogP contribution in [0.3, 0.4) is 0 Å². The number of anilines is 1. The second kappa shape index (κ2) is 8.45. The van der Waals surface area contributed by atoms with Crippen molar-refractivity contribution in [1.82, 2.24) is 5.43 Å². The molecule has 0 aromatic heterocycles. The van der Waals surface area contributed by atoms with E-state index in [2.05, 4.69) is 15.6 Å². The minimum absolute atomic E-state index is 0.0839. The molecule has 0 radical (unpaired) electrons. The molecule has 25 heavy (non-hydrogen) atoms. The lowest BCUT2D eigenvalue weighted by molar-refractivity contribution is -0.164. The van der Waals surface area contributed by atoms with Gasteiger partial charge in [-0.15, -0.1) is 0 Å². The lowest BCUT2D eigenvalue weighted by Crippen LogP contribution is -2.59. The molecule has 0 amide bonds. The molecule has 0 spiro atoms. The quantitative estimate of drug-likeness (QED) is 0.235. The molecule has 1 aliphatic heterocycles. The first kappa shape index (κ1) is 19.4. The Bertz CT molecular complexity index is 568. The largest absolute Gasteiger partial charge is 0.494 e. The predicted octanol–water partition coefficient (Wildman–Crippen LogP) is -0.626. The molecule has 9 heteroatoms. The molecule has 1 saturated heterocycles. The van der Waals surface area contributed by atoms with Gasteiger partial charge < -0.3 is 35.0 Å². The Labute approximate surface area is 145 Å². The van der Waals surface area contributed by atoms with Gasteiger partial charge in [0.1, 0.15) is 18.0 Å². The van der Waals surface area contributed by atoms with Crippen molar-refractivity contribution in [1.29, 1.82) is 0 Å². The third-order valence-electron chi connectivity index (χ3n) is 3.72. The Morgan fingerprint density at radius 2 is 2.04 bits per heavy atom.